The van der Waals surface area contributed by atoms with Gasteiger partial charge in [0.15, 0.2) is 0 Å². The lowest BCUT2D eigenvalue weighted by Gasteiger charge is -2.20. The number of halogens is 2. The third-order valence-electron chi connectivity index (χ3n) is 4.04. The van der Waals surface area contributed by atoms with Gasteiger partial charge in [0.25, 0.3) is 18.1 Å². The predicted molar refractivity (Wildman–Crippen MR) is 94.7 cm³/mol. The molecule has 0 radical (unpaired) electrons. The number of fused-ring (bicyclic) bond motifs is 1. The Bertz CT molecular complexity index is 908. The maximum absolute atomic E-state index is 13.0. The summed E-state index contributed by atoms with van der Waals surface area (Å²) in [6.45, 7) is 5.01. The van der Waals surface area contributed by atoms with E-state index in [1.54, 1.807) is 4.90 Å². The van der Waals surface area contributed by atoms with Gasteiger partial charge in [-0.25, -0.2) is 18.3 Å². The Hall–Kier alpha value is -2.42. The molecular weight excluding hydrogens is 360 g/mol. The van der Waals surface area contributed by atoms with Crippen LogP contribution >= 0.6 is 11.3 Å². The molecule has 0 fully saturated rings. The number of aryl methyl sites for hydroxylation is 2. The summed E-state index contributed by atoms with van der Waals surface area (Å²) in [6.07, 6.45) is -0.241. The number of hydrogen-bond donors (Lipinski definition) is 0. The molecule has 0 atom stereocenters. The lowest BCUT2D eigenvalue weighted by Crippen LogP contribution is -2.31. The van der Waals surface area contributed by atoms with Crippen molar-refractivity contribution >= 4 is 23.0 Å². The molecule has 0 bridgehead atoms. The second kappa shape index (κ2) is 7.86. The van der Waals surface area contributed by atoms with Crippen molar-refractivity contribution in [3.63, 3.8) is 0 Å². The van der Waals surface area contributed by atoms with Gasteiger partial charge < -0.3 is 4.90 Å². The van der Waals surface area contributed by atoms with Crippen LogP contribution in [0.25, 0.3) is 5.78 Å². The van der Waals surface area contributed by atoms with E-state index >= 15 is 0 Å². The first-order valence-electron chi connectivity index (χ1n) is 8.31. The number of alkyl halides is 2. The molecule has 0 N–H and O–H groups in total. The molecule has 9 heteroatoms. The fourth-order valence-electron chi connectivity index (χ4n) is 2.74. The fourth-order valence-corrected chi connectivity index (χ4v) is 3.60. The fraction of sp³-hybridized carbons (Fsp3) is 0.412. The number of nitrogens with zero attached hydrogens (tertiary/aromatic N) is 5. The molecule has 0 aliphatic carbocycles. The summed E-state index contributed by atoms with van der Waals surface area (Å²) in [5.41, 5.74) is 1.37. The average molecular weight is 379 g/mol. The van der Waals surface area contributed by atoms with Gasteiger partial charge in [0.05, 0.1) is 4.88 Å². The number of carbonyl (C=O) groups excluding carboxylic acids is 1. The normalized spacial score (nSPS) is 11.4. The predicted octanol–water partition coefficient (Wildman–Crippen LogP) is 3.53. The van der Waals surface area contributed by atoms with Crippen molar-refractivity contribution in [3.05, 3.63) is 45.7 Å². The van der Waals surface area contributed by atoms with Crippen LogP contribution in [0.1, 0.15) is 46.4 Å². The van der Waals surface area contributed by atoms with Crippen LogP contribution in [0.4, 0.5) is 8.78 Å². The van der Waals surface area contributed by atoms with E-state index in [1.807, 2.05) is 25.3 Å². The first-order chi connectivity index (χ1) is 12.5. The minimum Gasteiger partial charge on any atom is -0.338 e. The molecule has 3 aromatic rings. The highest BCUT2D eigenvalue weighted by molar-refractivity contribution is 7.12. The third kappa shape index (κ3) is 3.87. The Labute approximate surface area is 153 Å². The van der Waals surface area contributed by atoms with Gasteiger partial charge >= 0.3 is 0 Å². The molecule has 0 unspecified atom stereocenters. The molecule has 0 aromatic carbocycles. The smallest absolute Gasteiger partial charge is 0.280 e. The number of thiophene rings is 1. The van der Waals surface area contributed by atoms with Crippen molar-refractivity contribution in [2.45, 2.75) is 33.1 Å². The van der Waals surface area contributed by atoms with E-state index in [4.69, 9.17) is 0 Å². The van der Waals surface area contributed by atoms with E-state index in [9.17, 15) is 13.6 Å². The molecule has 3 rings (SSSR count). The first kappa shape index (κ1) is 18.4. The lowest BCUT2D eigenvalue weighted by molar-refractivity contribution is 0.0767. The van der Waals surface area contributed by atoms with Gasteiger partial charge in [-0.05, 0) is 49.8 Å². The summed E-state index contributed by atoms with van der Waals surface area (Å²) >= 11 is 1.43. The van der Waals surface area contributed by atoms with Crippen LogP contribution in [0.3, 0.4) is 0 Å². The maximum atomic E-state index is 13.0. The van der Waals surface area contributed by atoms with Gasteiger partial charge in [0, 0.05) is 18.8 Å². The van der Waals surface area contributed by atoms with Crippen molar-refractivity contribution in [3.8, 4) is 0 Å². The third-order valence-corrected chi connectivity index (χ3v) is 5.08. The quantitative estimate of drug-likeness (QED) is 0.630. The summed E-state index contributed by atoms with van der Waals surface area (Å²) in [6, 6.07) is 3.24. The zero-order valence-corrected chi connectivity index (χ0v) is 15.3. The van der Waals surface area contributed by atoms with Crippen LogP contribution in [-0.4, -0.2) is 43.5 Å². The summed E-state index contributed by atoms with van der Waals surface area (Å²) in [5.74, 6) is 0.162. The van der Waals surface area contributed by atoms with Crippen LogP contribution in [-0.2, 0) is 6.42 Å². The molecule has 1 amide bonds. The van der Waals surface area contributed by atoms with Crippen LogP contribution in [0.5, 0.6) is 0 Å². The van der Waals surface area contributed by atoms with E-state index in [0.29, 0.717) is 36.5 Å². The van der Waals surface area contributed by atoms with Crippen LogP contribution < -0.4 is 0 Å². The molecular formula is C17H19F2N5OS. The molecule has 0 spiro atoms. The van der Waals surface area contributed by atoms with E-state index < -0.39 is 6.43 Å². The number of aromatic nitrogens is 4. The van der Waals surface area contributed by atoms with Gasteiger partial charge in [0.1, 0.15) is 12.0 Å². The molecule has 0 aliphatic rings. The second-order valence-electron chi connectivity index (χ2n) is 5.92. The van der Waals surface area contributed by atoms with Gasteiger partial charge in [-0.1, -0.05) is 0 Å². The molecule has 138 valence electrons. The number of rotatable bonds is 7. The van der Waals surface area contributed by atoms with E-state index in [-0.39, 0.29) is 17.4 Å². The highest BCUT2D eigenvalue weighted by Gasteiger charge is 2.17. The van der Waals surface area contributed by atoms with Crippen molar-refractivity contribution in [1.82, 2.24) is 24.5 Å². The Morgan fingerprint density at radius 3 is 2.85 bits per heavy atom. The molecule has 26 heavy (non-hydrogen) atoms. The molecule has 0 saturated carbocycles. The largest absolute Gasteiger partial charge is 0.338 e. The number of hydrogen-bond acceptors (Lipinski definition) is 5. The Morgan fingerprint density at radius 2 is 2.19 bits per heavy atom. The molecule has 3 aromatic heterocycles. The lowest BCUT2D eigenvalue weighted by atomic mass is 10.2. The van der Waals surface area contributed by atoms with Crippen molar-refractivity contribution in [2.75, 3.05) is 13.1 Å². The Balaban J connectivity index is 1.69. The molecule has 6 nitrogen and oxygen atoms in total. The van der Waals surface area contributed by atoms with E-state index in [2.05, 4.69) is 15.1 Å². The maximum Gasteiger partial charge on any atom is 0.280 e. The van der Waals surface area contributed by atoms with E-state index in [1.165, 1.54) is 28.2 Å². The van der Waals surface area contributed by atoms with Crippen LogP contribution in [0.15, 0.2) is 23.8 Å². The molecule has 0 saturated heterocycles. The SMILES string of the molecule is CCN(CCCc1cc(C(F)F)nc2ncnn12)C(=O)c1cc(C)cs1. The van der Waals surface area contributed by atoms with Crippen molar-refractivity contribution in [2.24, 2.45) is 0 Å². The van der Waals surface area contributed by atoms with Gasteiger partial charge in [-0.2, -0.15) is 10.1 Å². The van der Waals surface area contributed by atoms with Crippen LogP contribution in [0, 0.1) is 6.92 Å². The van der Waals surface area contributed by atoms with Gasteiger partial charge in [-0.3, -0.25) is 4.79 Å². The highest BCUT2D eigenvalue weighted by Crippen LogP contribution is 2.20. The standard InChI is InChI=1S/C17H19F2N5OS/c1-3-23(16(25)14-7-11(2)9-26-14)6-4-5-12-8-13(15(18)19)22-17-20-10-21-24(12)17/h7-10,15H,3-6H2,1-2H3. The minimum atomic E-state index is -2.66. The second-order valence-corrected chi connectivity index (χ2v) is 6.83. The summed E-state index contributed by atoms with van der Waals surface area (Å²) < 4.78 is 27.5. The molecule has 0 aliphatic heterocycles. The first-order valence-corrected chi connectivity index (χ1v) is 9.19. The Kier molecular flexibility index (Phi) is 5.55. The zero-order chi connectivity index (χ0) is 18.7. The monoisotopic (exact) mass is 379 g/mol. The highest BCUT2D eigenvalue weighted by atomic mass is 32.1. The van der Waals surface area contributed by atoms with Crippen LogP contribution in [0.2, 0.25) is 0 Å². The zero-order valence-electron chi connectivity index (χ0n) is 14.5. The number of carbonyl (C=O) groups is 1. The van der Waals surface area contributed by atoms with Gasteiger partial charge in [0.2, 0.25) is 0 Å². The molecule has 3 heterocycles. The Morgan fingerprint density at radius 1 is 1.38 bits per heavy atom. The number of amides is 1. The summed E-state index contributed by atoms with van der Waals surface area (Å²) in [7, 11) is 0. The minimum absolute atomic E-state index is 0.000462. The van der Waals surface area contributed by atoms with E-state index in [0.717, 1.165) is 5.56 Å². The van der Waals surface area contributed by atoms with Crippen molar-refractivity contribution in [1.29, 1.82) is 0 Å². The topological polar surface area (TPSA) is 63.4 Å². The average Bonchev–Trinajstić information content (AvgIpc) is 3.26. The van der Waals surface area contributed by atoms with Gasteiger partial charge in [-0.15, -0.1) is 11.3 Å². The van der Waals surface area contributed by atoms with Crippen molar-refractivity contribution < 1.29 is 13.6 Å². The summed E-state index contributed by atoms with van der Waals surface area (Å²) in [4.78, 5) is 22.7. The summed E-state index contributed by atoms with van der Waals surface area (Å²) in [5, 5.41) is 5.99.